The Balaban J connectivity index is 2.34. The van der Waals surface area contributed by atoms with Crippen molar-refractivity contribution in [2.75, 3.05) is 13.1 Å². The van der Waals surface area contributed by atoms with Crippen LogP contribution in [0.2, 0.25) is 0 Å². The van der Waals surface area contributed by atoms with Crippen LogP contribution in [0.15, 0.2) is 40.9 Å². The molecule has 1 amide bonds. The molecule has 4 heteroatoms. The van der Waals surface area contributed by atoms with Gasteiger partial charge in [0.1, 0.15) is 0 Å². The first kappa shape index (κ1) is 12.9. The quantitative estimate of drug-likeness (QED) is 0.807. The van der Waals surface area contributed by atoms with E-state index < -0.39 is 0 Å². The maximum absolute atomic E-state index is 11.5. The lowest BCUT2D eigenvalue weighted by molar-refractivity contribution is -0.120. The van der Waals surface area contributed by atoms with Crippen molar-refractivity contribution in [3.63, 3.8) is 0 Å². The molecule has 0 saturated heterocycles. The van der Waals surface area contributed by atoms with Gasteiger partial charge in [-0.2, -0.15) is 0 Å². The molecule has 3 nitrogen and oxygen atoms in total. The Labute approximate surface area is 104 Å². The number of benzene rings is 1. The monoisotopic (exact) mass is 282 g/mol. The first-order chi connectivity index (χ1) is 7.72. The topological polar surface area (TPSA) is 55.1 Å². The van der Waals surface area contributed by atoms with E-state index in [1.54, 1.807) is 0 Å². The highest BCUT2D eigenvalue weighted by atomic mass is 79.9. The van der Waals surface area contributed by atoms with Crippen molar-refractivity contribution in [1.29, 1.82) is 0 Å². The van der Waals surface area contributed by atoms with Gasteiger partial charge in [0, 0.05) is 17.6 Å². The fraction of sp³-hybridized carbons (Fsp3) is 0.250. The first-order valence-electron chi connectivity index (χ1n) is 5.08. The fourth-order valence-electron chi connectivity index (χ4n) is 1.20. The Hall–Kier alpha value is -1.13. The molecule has 0 spiro atoms. The van der Waals surface area contributed by atoms with Gasteiger partial charge < -0.3 is 11.1 Å². The summed E-state index contributed by atoms with van der Waals surface area (Å²) >= 11 is 3.35. The van der Waals surface area contributed by atoms with Gasteiger partial charge in [0.15, 0.2) is 0 Å². The molecular weight excluding hydrogens is 268 g/mol. The second-order valence-corrected chi connectivity index (χ2v) is 4.23. The Kier molecular flexibility index (Phi) is 5.82. The zero-order chi connectivity index (χ0) is 11.8. The molecule has 0 aromatic heterocycles. The van der Waals surface area contributed by atoms with Gasteiger partial charge >= 0.3 is 0 Å². The predicted octanol–water partition coefficient (Wildman–Crippen LogP) is 1.62. The smallest absolute Gasteiger partial charge is 0.224 e. The molecule has 0 bridgehead atoms. The molecule has 0 unspecified atom stereocenters. The molecule has 1 rings (SSSR count). The van der Waals surface area contributed by atoms with Crippen molar-refractivity contribution in [3.8, 4) is 0 Å². The highest BCUT2D eigenvalue weighted by Crippen LogP contribution is 2.10. The van der Waals surface area contributed by atoms with Crippen LogP contribution in [0.3, 0.4) is 0 Å². The van der Waals surface area contributed by atoms with Crippen molar-refractivity contribution < 1.29 is 4.79 Å². The standard InChI is InChI=1S/C12H15BrN2O/c13-11-5-3-10(4-6-11)9-12(16)15-8-2-1-7-14/h1-6H,7-9,14H2,(H,15,16)/b2-1+. The Bertz CT molecular complexity index is 360. The minimum Gasteiger partial charge on any atom is -0.352 e. The molecule has 0 aliphatic rings. The minimum absolute atomic E-state index is 0.0176. The number of amides is 1. The summed E-state index contributed by atoms with van der Waals surface area (Å²) in [5, 5.41) is 2.79. The molecule has 0 radical (unpaired) electrons. The zero-order valence-electron chi connectivity index (χ0n) is 8.95. The number of rotatable bonds is 5. The van der Waals surface area contributed by atoms with Gasteiger partial charge in [-0.05, 0) is 17.7 Å². The maximum atomic E-state index is 11.5. The summed E-state index contributed by atoms with van der Waals surface area (Å²) in [4.78, 5) is 11.5. The lowest BCUT2D eigenvalue weighted by Gasteiger charge is -2.02. The van der Waals surface area contributed by atoms with Crippen LogP contribution in [-0.2, 0) is 11.2 Å². The van der Waals surface area contributed by atoms with Gasteiger partial charge in [-0.3, -0.25) is 4.79 Å². The van der Waals surface area contributed by atoms with Crippen molar-refractivity contribution in [1.82, 2.24) is 5.32 Å². The van der Waals surface area contributed by atoms with Gasteiger partial charge in [0.2, 0.25) is 5.91 Å². The Morgan fingerprint density at radius 2 is 2.00 bits per heavy atom. The molecule has 0 aliphatic heterocycles. The summed E-state index contributed by atoms with van der Waals surface area (Å²) in [7, 11) is 0. The van der Waals surface area contributed by atoms with Crippen molar-refractivity contribution >= 4 is 21.8 Å². The van der Waals surface area contributed by atoms with Gasteiger partial charge in [0.25, 0.3) is 0 Å². The van der Waals surface area contributed by atoms with Crippen LogP contribution < -0.4 is 11.1 Å². The number of halogens is 1. The predicted molar refractivity (Wildman–Crippen MR) is 69.1 cm³/mol. The number of hydrogen-bond acceptors (Lipinski definition) is 2. The van der Waals surface area contributed by atoms with Crippen LogP contribution >= 0.6 is 15.9 Å². The van der Waals surface area contributed by atoms with E-state index in [9.17, 15) is 4.79 Å². The third-order valence-electron chi connectivity index (χ3n) is 2.00. The summed E-state index contributed by atoms with van der Waals surface area (Å²) in [6, 6.07) is 7.71. The van der Waals surface area contributed by atoms with Crippen molar-refractivity contribution in [3.05, 3.63) is 46.5 Å². The van der Waals surface area contributed by atoms with Crippen LogP contribution in [0, 0.1) is 0 Å². The molecule has 0 atom stereocenters. The summed E-state index contributed by atoms with van der Waals surface area (Å²) in [5.41, 5.74) is 6.28. The van der Waals surface area contributed by atoms with Crippen LogP contribution in [0.25, 0.3) is 0 Å². The minimum atomic E-state index is 0.0176. The molecule has 0 fully saturated rings. The first-order valence-corrected chi connectivity index (χ1v) is 5.88. The second-order valence-electron chi connectivity index (χ2n) is 3.31. The fourth-order valence-corrected chi connectivity index (χ4v) is 1.47. The van der Waals surface area contributed by atoms with Gasteiger partial charge in [-0.1, -0.05) is 40.2 Å². The van der Waals surface area contributed by atoms with Gasteiger partial charge in [-0.15, -0.1) is 0 Å². The van der Waals surface area contributed by atoms with E-state index in [1.807, 2.05) is 36.4 Å². The second kappa shape index (κ2) is 7.19. The Morgan fingerprint density at radius 1 is 1.31 bits per heavy atom. The van der Waals surface area contributed by atoms with Gasteiger partial charge in [0.05, 0.1) is 6.42 Å². The van der Waals surface area contributed by atoms with Crippen LogP contribution in [0.1, 0.15) is 5.56 Å². The largest absolute Gasteiger partial charge is 0.352 e. The molecule has 1 aromatic carbocycles. The van der Waals surface area contributed by atoms with E-state index in [1.165, 1.54) is 0 Å². The van der Waals surface area contributed by atoms with E-state index in [0.29, 0.717) is 19.5 Å². The van der Waals surface area contributed by atoms with E-state index in [-0.39, 0.29) is 5.91 Å². The van der Waals surface area contributed by atoms with Crippen molar-refractivity contribution in [2.24, 2.45) is 5.73 Å². The molecule has 1 aromatic rings. The number of hydrogen-bond donors (Lipinski definition) is 2. The Morgan fingerprint density at radius 3 is 2.62 bits per heavy atom. The van der Waals surface area contributed by atoms with Crippen LogP contribution in [0.4, 0.5) is 0 Å². The molecule has 16 heavy (non-hydrogen) atoms. The highest BCUT2D eigenvalue weighted by molar-refractivity contribution is 9.10. The third kappa shape index (κ3) is 5.09. The normalized spacial score (nSPS) is 10.6. The highest BCUT2D eigenvalue weighted by Gasteiger charge is 2.01. The molecule has 0 saturated carbocycles. The molecule has 86 valence electrons. The van der Waals surface area contributed by atoms with Gasteiger partial charge in [-0.25, -0.2) is 0 Å². The van der Waals surface area contributed by atoms with E-state index in [2.05, 4.69) is 21.2 Å². The van der Waals surface area contributed by atoms with Crippen molar-refractivity contribution in [2.45, 2.75) is 6.42 Å². The average Bonchev–Trinajstić information content (AvgIpc) is 2.28. The lowest BCUT2D eigenvalue weighted by Crippen LogP contribution is -2.25. The zero-order valence-corrected chi connectivity index (χ0v) is 10.5. The van der Waals surface area contributed by atoms with Crippen LogP contribution in [-0.4, -0.2) is 19.0 Å². The molecule has 0 heterocycles. The van der Waals surface area contributed by atoms with E-state index in [4.69, 9.17) is 5.73 Å². The SMILES string of the molecule is NC/C=C/CNC(=O)Cc1ccc(Br)cc1. The maximum Gasteiger partial charge on any atom is 0.224 e. The summed E-state index contributed by atoms with van der Waals surface area (Å²) in [6.07, 6.45) is 4.07. The number of nitrogens with one attached hydrogen (secondary N) is 1. The summed E-state index contributed by atoms with van der Waals surface area (Å²) < 4.78 is 1.02. The number of carbonyl (C=O) groups excluding carboxylic acids is 1. The van der Waals surface area contributed by atoms with E-state index in [0.717, 1.165) is 10.0 Å². The molecular formula is C12H15BrN2O. The lowest BCUT2D eigenvalue weighted by atomic mass is 10.1. The molecule has 0 aliphatic carbocycles. The van der Waals surface area contributed by atoms with E-state index >= 15 is 0 Å². The van der Waals surface area contributed by atoms with Crippen LogP contribution in [0.5, 0.6) is 0 Å². The third-order valence-corrected chi connectivity index (χ3v) is 2.53. The summed E-state index contributed by atoms with van der Waals surface area (Å²) in [6.45, 7) is 1.04. The summed E-state index contributed by atoms with van der Waals surface area (Å²) in [5.74, 6) is 0.0176. The number of nitrogens with two attached hydrogens (primary N) is 1. The molecule has 3 N–H and O–H groups in total. The number of carbonyl (C=O) groups is 1. The average molecular weight is 283 g/mol.